The number of fused-ring (bicyclic) bond motifs is 1. The summed E-state index contributed by atoms with van der Waals surface area (Å²) in [6.07, 6.45) is 0.244. The molecule has 136 valence electrons. The topological polar surface area (TPSA) is 67.9 Å². The minimum absolute atomic E-state index is 0.111. The van der Waals surface area contributed by atoms with Crippen LogP contribution in [0.2, 0.25) is 0 Å². The van der Waals surface area contributed by atoms with Crippen molar-refractivity contribution in [2.24, 2.45) is 0 Å². The van der Waals surface area contributed by atoms with Crippen molar-refractivity contribution in [2.75, 3.05) is 32.1 Å². The van der Waals surface area contributed by atoms with Crippen molar-refractivity contribution in [1.82, 2.24) is 4.90 Å². The summed E-state index contributed by atoms with van der Waals surface area (Å²) in [5.41, 5.74) is 1.93. The molecule has 3 rings (SSSR count). The van der Waals surface area contributed by atoms with Gasteiger partial charge < -0.3 is 19.7 Å². The zero-order valence-electron chi connectivity index (χ0n) is 15.0. The van der Waals surface area contributed by atoms with Crippen LogP contribution in [0, 0.1) is 0 Å². The van der Waals surface area contributed by atoms with E-state index in [4.69, 9.17) is 9.47 Å². The third kappa shape index (κ3) is 4.14. The highest BCUT2D eigenvalue weighted by atomic mass is 16.5. The summed E-state index contributed by atoms with van der Waals surface area (Å²) in [6.45, 7) is 3.52. The number of anilines is 1. The number of carbonyl (C=O) groups excluding carboxylic acids is 2. The molecule has 2 aromatic carbocycles. The molecule has 0 spiro atoms. The van der Waals surface area contributed by atoms with E-state index in [2.05, 4.69) is 5.32 Å². The van der Waals surface area contributed by atoms with Crippen LogP contribution in [0.3, 0.4) is 0 Å². The van der Waals surface area contributed by atoms with Gasteiger partial charge in [0, 0.05) is 12.7 Å². The highest BCUT2D eigenvalue weighted by Crippen LogP contribution is 2.26. The lowest BCUT2D eigenvalue weighted by atomic mass is 10.1. The Kier molecular flexibility index (Phi) is 5.41. The van der Waals surface area contributed by atoms with Gasteiger partial charge in [0.05, 0.1) is 25.1 Å². The van der Waals surface area contributed by atoms with Crippen molar-refractivity contribution < 1.29 is 19.1 Å². The summed E-state index contributed by atoms with van der Waals surface area (Å²) < 4.78 is 11.0. The summed E-state index contributed by atoms with van der Waals surface area (Å²) in [6, 6.07) is 12.6. The van der Waals surface area contributed by atoms with Crippen LogP contribution in [0.15, 0.2) is 42.5 Å². The molecule has 2 amide bonds. The Morgan fingerprint density at radius 1 is 1.23 bits per heavy atom. The van der Waals surface area contributed by atoms with Crippen molar-refractivity contribution in [2.45, 2.75) is 13.3 Å². The summed E-state index contributed by atoms with van der Waals surface area (Å²) >= 11 is 0. The van der Waals surface area contributed by atoms with Crippen molar-refractivity contribution >= 4 is 17.5 Å². The third-order valence-corrected chi connectivity index (χ3v) is 4.12. The van der Waals surface area contributed by atoms with Crippen LogP contribution < -0.4 is 14.8 Å². The van der Waals surface area contributed by atoms with Crippen LogP contribution in [-0.4, -0.2) is 43.5 Å². The molecule has 1 aliphatic heterocycles. The summed E-state index contributed by atoms with van der Waals surface area (Å²) in [5.74, 6) is 1.07. The predicted molar refractivity (Wildman–Crippen MR) is 98.8 cm³/mol. The Morgan fingerprint density at radius 2 is 2.00 bits per heavy atom. The molecule has 26 heavy (non-hydrogen) atoms. The summed E-state index contributed by atoms with van der Waals surface area (Å²) in [5, 5.41) is 2.84. The van der Waals surface area contributed by atoms with Gasteiger partial charge in [0.25, 0.3) is 5.91 Å². The molecule has 6 nitrogen and oxygen atoms in total. The van der Waals surface area contributed by atoms with Gasteiger partial charge in [-0.1, -0.05) is 12.1 Å². The molecule has 1 heterocycles. The molecule has 0 aromatic heterocycles. The normalized spacial score (nSPS) is 13.5. The molecular formula is C20H22N2O4. The molecule has 2 aromatic rings. The number of ether oxygens (including phenoxy) is 2. The second-order valence-corrected chi connectivity index (χ2v) is 6.09. The lowest BCUT2D eigenvalue weighted by molar-refractivity contribution is -0.115. The highest BCUT2D eigenvalue weighted by molar-refractivity contribution is 6.00. The molecule has 0 saturated heterocycles. The number of hydrogen-bond donors (Lipinski definition) is 1. The number of nitrogens with zero attached hydrogens (tertiary/aromatic N) is 1. The smallest absolute Gasteiger partial charge is 0.257 e. The zero-order valence-corrected chi connectivity index (χ0v) is 15.0. The van der Waals surface area contributed by atoms with E-state index in [1.807, 2.05) is 31.2 Å². The second-order valence-electron chi connectivity index (χ2n) is 6.09. The van der Waals surface area contributed by atoms with Crippen LogP contribution in [0.5, 0.6) is 11.5 Å². The van der Waals surface area contributed by atoms with Gasteiger partial charge >= 0.3 is 0 Å². The second kappa shape index (κ2) is 7.91. The van der Waals surface area contributed by atoms with Crippen LogP contribution in [-0.2, 0) is 11.2 Å². The van der Waals surface area contributed by atoms with Gasteiger partial charge in [-0.25, -0.2) is 0 Å². The number of likely N-dealkylation sites (N-methyl/N-ethyl adjacent to an activating group) is 1. The minimum atomic E-state index is -0.149. The van der Waals surface area contributed by atoms with Crippen LogP contribution in [0.25, 0.3) is 0 Å². The Labute approximate surface area is 152 Å². The number of amides is 2. The molecule has 0 aliphatic carbocycles. The first-order valence-electron chi connectivity index (χ1n) is 8.60. The molecule has 0 bridgehead atoms. The predicted octanol–water partition coefficient (Wildman–Crippen LogP) is 2.73. The molecule has 0 fully saturated rings. The van der Waals surface area contributed by atoms with E-state index < -0.39 is 0 Å². The van der Waals surface area contributed by atoms with E-state index >= 15 is 0 Å². The first-order valence-corrected chi connectivity index (χ1v) is 8.60. The van der Waals surface area contributed by atoms with E-state index in [1.54, 1.807) is 30.1 Å². The molecule has 0 radical (unpaired) electrons. The number of benzene rings is 2. The van der Waals surface area contributed by atoms with Gasteiger partial charge in [0.2, 0.25) is 5.91 Å². The van der Waals surface area contributed by atoms with E-state index in [9.17, 15) is 9.59 Å². The third-order valence-electron chi connectivity index (χ3n) is 4.12. The van der Waals surface area contributed by atoms with Crippen molar-refractivity contribution in [1.29, 1.82) is 0 Å². The van der Waals surface area contributed by atoms with Gasteiger partial charge in [0.15, 0.2) is 0 Å². The Morgan fingerprint density at radius 3 is 2.73 bits per heavy atom. The molecule has 0 saturated carbocycles. The Balaban J connectivity index is 1.68. The first-order chi connectivity index (χ1) is 12.6. The van der Waals surface area contributed by atoms with Crippen molar-refractivity contribution in [3.8, 4) is 11.5 Å². The molecule has 1 aliphatic rings. The fraction of sp³-hybridized carbons (Fsp3) is 0.300. The Hall–Kier alpha value is -3.02. The maximum atomic E-state index is 12.4. The largest absolute Gasteiger partial charge is 0.494 e. The van der Waals surface area contributed by atoms with Crippen LogP contribution in [0.4, 0.5) is 5.69 Å². The van der Waals surface area contributed by atoms with E-state index in [-0.39, 0.29) is 18.2 Å². The summed E-state index contributed by atoms with van der Waals surface area (Å²) in [7, 11) is 1.73. The minimum Gasteiger partial charge on any atom is -0.494 e. The van der Waals surface area contributed by atoms with Gasteiger partial charge in [-0.05, 0) is 42.8 Å². The molecule has 1 N–H and O–H groups in total. The summed E-state index contributed by atoms with van der Waals surface area (Å²) in [4.78, 5) is 26.3. The number of carbonyl (C=O) groups is 2. The molecule has 0 atom stereocenters. The first kappa shape index (κ1) is 17.8. The van der Waals surface area contributed by atoms with E-state index in [0.717, 1.165) is 11.3 Å². The van der Waals surface area contributed by atoms with E-state index in [1.165, 1.54) is 0 Å². The Bertz CT molecular complexity index is 802. The monoisotopic (exact) mass is 354 g/mol. The zero-order chi connectivity index (χ0) is 18.5. The average molecular weight is 354 g/mol. The maximum Gasteiger partial charge on any atom is 0.257 e. The van der Waals surface area contributed by atoms with Crippen LogP contribution in [0.1, 0.15) is 22.8 Å². The van der Waals surface area contributed by atoms with Gasteiger partial charge in [0.1, 0.15) is 18.1 Å². The highest BCUT2D eigenvalue weighted by Gasteiger charge is 2.21. The average Bonchev–Trinajstić information content (AvgIpc) is 2.76. The lowest BCUT2D eigenvalue weighted by Gasteiger charge is -2.13. The standard InChI is InChI=1S/C20H22N2O4/c1-3-25-16-7-4-14(5-8-16)12-19(23)21-15-6-9-18-17(13-15)20(24)22(2)10-11-26-18/h4-9,13H,3,10-12H2,1-2H3,(H,21,23). The number of nitrogens with one attached hydrogen (secondary N) is 1. The molecule has 6 heteroatoms. The number of rotatable bonds is 5. The van der Waals surface area contributed by atoms with Gasteiger partial charge in [-0.15, -0.1) is 0 Å². The van der Waals surface area contributed by atoms with Crippen molar-refractivity contribution in [3.63, 3.8) is 0 Å². The fourth-order valence-corrected chi connectivity index (χ4v) is 2.76. The fourth-order valence-electron chi connectivity index (χ4n) is 2.76. The van der Waals surface area contributed by atoms with Crippen molar-refractivity contribution in [3.05, 3.63) is 53.6 Å². The number of hydrogen-bond acceptors (Lipinski definition) is 4. The maximum absolute atomic E-state index is 12.4. The SMILES string of the molecule is CCOc1ccc(CC(=O)Nc2ccc3c(c2)C(=O)N(C)CCO3)cc1. The molecule has 0 unspecified atom stereocenters. The van der Waals surface area contributed by atoms with E-state index in [0.29, 0.717) is 36.8 Å². The molecular weight excluding hydrogens is 332 g/mol. The lowest BCUT2D eigenvalue weighted by Crippen LogP contribution is -2.27. The van der Waals surface area contributed by atoms with Gasteiger partial charge in [-0.3, -0.25) is 9.59 Å². The van der Waals surface area contributed by atoms with Gasteiger partial charge in [-0.2, -0.15) is 0 Å². The quantitative estimate of drug-likeness (QED) is 0.896. The van der Waals surface area contributed by atoms with Crippen LogP contribution >= 0.6 is 0 Å².